The van der Waals surface area contributed by atoms with Crippen LogP contribution in [0, 0.1) is 29.4 Å². The van der Waals surface area contributed by atoms with Crippen LogP contribution in [-0.2, 0) is 12.0 Å². The number of carbonyl (C=O) groups is 1. The topological polar surface area (TPSA) is 81.6 Å². The highest BCUT2D eigenvalue weighted by molar-refractivity contribution is 5.65. The van der Waals surface area contributed by atoms with Gasteiger partial charge in [0.15, 0.2) is 0 Å². The molecule has 1 unspecified atom stereocenters. The second-order valence-electron chi connectivity index (χ2n) is 9.82. The summed E-state index contributed by atoms with van der Waals surface area (Å²) in [7, 11) is 0. The maximum Gasteiger partial charge on any atom is 0.404 e. The zero-order valence-corrected chi connectivity index (χ0v) is 19.0. The molecule has 0 heterocycles. The lowest BCUT2D eigenvalue weighted by Gasteiger charge is -2.41. The standard InChI is InChI=1S/C26H30F2N2O3/c1-5-16-7-6-8-18(11-16)26(9-10-26)30-23(25(2,3)4)22(31)21(29-24(32)33)14-17-12-19(27)15-20(28)13-17/h1,6-8,11-13,15,21-23,29-31H,9-10,14H2,2-4H3,(H,32,33)/t21-,22+,23?/m0/s1. The highest BCUT2D eigenvalue weighted by Gasteiger charge is 2.49. The van der Waals surface area contributed by atoms with Gasteiger partial charge < -0.3 is 20.8 Å². The summed E-state index contributed by atoms with van der Waals surface area (Å²) in [4.78, 5) is 11.5. The zero-order valence-electron chi connectivity index (χ0n) is 19.0. The van der Waals surface area contributed by atoms with Gasteiger partial charge >= 0.3 is 6.09 Å². The van der Waals surface area contributed by atoms with Crippen LogP contribution in [0.1, 0.15) is 50.3 Å². The normalized spacial score (nSPS) is 17.5. The first-order chi connectivity index (χ1) is 15.4. The van der Waals surface area contributed by atoms with Crippen LogP contribution in [0.2, 0.25) is 0 Å². The van der Waals surface area contributed by atoms with E-state index in [1.54, 1.807) is 0 Å². The van der Waals surface area contributed by atoms with Crippen molar-refractivity contribution < 1.29 is 23.8 Å². The average molecular weight is 457 g/mol. The van der Waals surface area contributed by atoms with Gasteiger partial charge in [-0.3, -0.25) is 0 Å². The van der Waals surface area contributed by atoms with Gasteiger partial charge in [0.05, 0.1) is 12.1 Å². The molecular formula is C26H30F2N2O3. The smallest absolute Gasteiger partial charge is 0.404 e. The molecule has 0 spiro atoms. The van der Waals surface area contributed by atoms with Gasteiger partial charge in [0.1, 0.15) is 11.6 Å². The minimum atomic E-state index is -1.33. The highest BCUT2D eigenvalue weighted by atomic mass is 19.1. The van der Waals surface area contributed by atoms with Gasteiger partial charge in [0.2, 0.25) is 0 Å². The average Bonchev–Trinajstić information content (AvgIpc) is 3.50. The number of halogens is 2. The van der Waals surface area contributed by atoms with Crippen molar-refractivity contribution in [3.05, 3.63) is 70.8 Å². The van der Waals surface area contributed by atoms with E-state index in [0.717, 1.165) is 42.2 Å². The zero-order chi connectivity index (χ0) is 24.4. The number of benzene rings is 2. The van der Waals surface area contributed by atoms with Gasteiger partial charge in [-0.15, -0.1) is 6.42 Å². The Balaban J connectivity index is 1.90. The molecule has 5 nitrogen and oxygen atoms in total. The van der Waals surface area contributed by atoms with Crippen molar-refractivity contribution >= 4 is 6.09 Å². The van der Waals surface area contributed by atoms with E-state index in [9.17, 15) is 23.8 Å². The van der Waals surface area contributed by atoms with E-state index < -0.39 is 41.3 Å². The number of rotatable bonds is 8. The second-order valence-corrected chi connectivity index (χ2v) is 9.82. The van der Waals surface area contributed by atoms with E-state index >= 15 is 0 Å². The lowest BCUT2D eigenvalue weighted by atomic mass is 9.79. The Morgan fingerprint density at radius 3 is 2.33 bits per heavy atom. The number of amides is 1. The number of aliphatic hydroxyl groups excluding tert-OH is 1. The van der Waals surface area contributed by atoms with Crippen LogP contribution in [-0.4, -0.2) is 34.5 Å². The molecule has 2 aromatic carbocycles. The van der Waals surface area contributed by atoms with Crippen molar-refractivity contribution in [3.63, 3.8) is 0 Å². The van der Waals surface area contributed by atoms with Crippen molar-refractivity contribution in [2.24, 2.45) is 5.41 Å². The third kappa shape index (κ3) is 6.10. The molecule has 1 saturated carbocycles. The van der Waals surface area contributed by atoms with Gasteiger partial charge in [0, 0.05) is 23.2 Å². The van der Waals surface area contributed by atoms with Crippen molar-refractivity contribution in [1.29, 1.82) is 0 Å². The van der Waals surface area contributed by atoms with Crippen LogP contribution in [0.5, 0.6) is 0 Å². The summed E-state index contributed by atoms with van der Waals surface area (Å²) in [5.41, 5.74) is 1.16. The number of aliphatic hydroxyl groups is 1. The molecule has 4 N–H and O–H groups in total. The van der Waals surface area contributed by atoms with Gasteiger partial charge in [-0.25, -0.2) is 13.6 Å². The molecule has 0 aliphatic heterocycles. The van der Waals surface area contributed by atoms with Gasteiger partial charge in [-0.05, 0) is 60.1 Å². The minimum absolute atomic E-state index is 0.0734. The molecule has 0 saturated heterocycles. The number of hydrogen-bond donors (Lipinski definition) is 4. The van der Waals surface area contributed by atoms with Crippen LogP contribution >= 0.6 is 0 Å². The second kappa shape index (κ2) is 9.50. The van der Waals surface area contributed by atoms with E-state index in [2.05, 4.69) is 16.6 Å². The third-order valence-corrected chi connectivity index (χ3v) is 6.14. The monoisotopic (exact) mass is 456 g/mol. The molecular weight excluding hydrogens is 426 g/mol. The van der Waals surface area contributed by atoms with Crippen molar-refractivity contribution in [1.82, 2.24) is 10.6 Å². The molecule has 3 atom stereocenters. The van der Waals surface area contributed by atoms with Crippen LogP contribution in [0.4, 0.5) is 13.6 Å². The molecule has 0 aromatic heterocycles. The maximum atomic E-state index is 13.7. The Hall–Kier alpha value is -2.95. The third-order valence-electron chi connectivity index (χ3n) is 6.14. The summed E-state index contributed by atoms with van der Waals surface area (Å²) < 4.78 is 27.4. The van der Waals surface area contributed by atoms with Crippen LogP contribution < -0.4 is 10.6 Å². The van der Waals surface area contributed by atoms with Gasteiger partial charge in [-0.2, -0.15) is 0 Å². The first kappa shape index (κ1) is 24.7. The Bertz CT molecular complexity index is 1030. The number of carboxylic acid groups (broad SMARTS) is 1. The molecule has 1 aliphatic carbocycles. The van der Waals surface area contributed by atoms with E-state index in [-0.39, 0.29) is 17.5 Å². The van der Waals surface area contributed by atoms with Crippen LogP contribution in [0.25, 0.3) is 0 Å². The molecule has 1 aliphatic rings. The molecule has 7 heteroatoms. The molecule has 0 radical (unpaired) electrons. The predicted molar refractivity (Wildman–Crippen MR) is 123 cm³/mol. The Morgan fingerprint density at radius 2 is 1.82 bits per heavy atom. The first-order valence-corrected chi connectivity index (χ1v) is 10.9. The summed E-state index contributed by atoms with van der Waals surface area (Å²) >= 11 is 0. The number of terminal acetylenes is 1. The molecule has 176 valence electrons. The first-order valence-electron chi connectivity index (χ1n) is 10.9. The maximum absolute atomic E-state index is 13.7. The quantitative estimate of drug-likeness (QED) is 0.449. The largest absolute Gasteiger partial charge is 0.465 e. The molecule has 3 rings (SSSR count). The fraction of sp³-hybridized carbons (Fsp3) is 0.423. The summed E-state index contributed by atoms with van der Waals surface area (Å²) in [5.74, 6) is 1.12. The predicted octanol–water partition coefficient (Wildman–Crippen LogP) is 4.18. The number of hydrogen-bond acceptors (Lipinski definition) is 3. The van der Waals surface area contributed by atoms with E-state index in [1.807, 2.05) is 45.0 Å². The summed E-state index contributed by atoms with van der Waals surface area (Å²) in [6.07, 6.45) is 4.65. The van der Waals surface area contributed by atoms with Crippen molar-refractivity contribution in [3.8, 4) is 12.3 Å². The Morgan fingerprint density at radius 1 is 1.18 bits per heavy atom. The van der Waals surface area contributed by atoms with E-state index in [0.29, 0.717) is 0 Å². The van der Waals surface area contributed by atoms with Gasteiger partial charge in [0.25, 0.3) is 0 Å². The molecule has 0 bridgehead atoms. The SMILES string of the molecule is C#Cc1cccc(C2(NC([C@H](O)[C@H](Cc3cc(F)cc(F)c3)NC(=O)O)C(C)(C)C)CC2)c1. The van der Waals surface area contributed by atoms with Gasteiger partial charge in [-0.1, -0.05) is 38.8 Å². The molecule has 2 aromatic rings. The van der Waals surface area contributed by atoms with Crippen LogP contribution in [0.3, 0.4) is 0 Å². The molecule has 33 heavy (non-hydrogen) atoms. The molecule has 1 fully saturated rings. The fourth-order valence-electron chi connectivity index (χ4n) is 4.29. The Kier molecular flexibility index (Phi) is 7.11. The fourth-order valence-corrected chi connectivity index (χ4v) is 4.29. The minimum Gasteiger partial charge on any atom is -0.465 e. The van der Waals surface area contributed by atoms with E-state index in [1.165, 1.54) is 0 Å². The van der Waals surface area contributed by atoms with E-state index in [4.69, 9.17) is 6.42 Å². The summed E-state index contributed by atoms with van der Waals surface area (Å²) in [5, 5.41) is 26.7. The summed E-state index contributed by atoms with van der Waals surface area (Å²) in [6, 6.07) is 9.16. The van der Waals surface area contributed by atoms with Crippen LogP contribution in [0.15, 0.2) is 42.5 Å². The number of nitrogens with one attached hydrogen (secondary N) is 2. The molecule has 1 amide bonds. The van der Waals surface area contributed by atoms with Crippen molar-refractivity contribution in [2.75, 3.05) is 0 Å². The van der Waals surface area contributed by atoms with Crippen molar-refractivity contribution in [2.45, 2.75) is 63.8 Å². The highest BCUT2D eigenvalue weighted by Crippen LogP contribution is 2.47. The lowest BCUT2D eigenvalue weighted by Crippen LogP contribution is -2.60. The summed E-state index contributed by atoms with van der Waals surface area (Å²) in [6.45, 7) is 5.84. The lowest BCUT2D eigenvalue weighted by molar-refractivity contribution is 0.0323. The Labute approximate surface area is 193 Å².